The van der Waals surface area contributed by atoms with Crippen LogP contribution in [0.5, 0.6) is 5.75 Å². The van der Waals surface area contributed by atoms with Crippen molar-refractivity contribution in [2.45, 2.75) is 13.1 Å². The Labute approximate surface area is 267 Å². The number of esters is 1. The van der Waals surface area contributed by atoms with Crippen LogP contribution in [-0.4, -0.2) is 52.6 Å². The molecule has 10 nitrogen and oxygen atoms in total. The summed E-state index contributed by atoms with van der Waals surface area (Å²) < 4.78 is 33.3. The molecule has 45 heavy (non-hydrogen) atoms. The quantitative estimate of drug-likeness (QED) is 0.182. The first-order chi connectivity index (χ1) is 21.6. The van der Waals surface area contributed by atoms with E-state index in [4.69, 9.17) is 37.2 Å². The van der Waals surface area contributed by atoms with Gasteiger partial charge in [-0.05, 0) is 29.8 Å². The third-order valence-corrected chi connectivity index (χ3v) is 8.08. The Morgan fingerprint density at radius 2 is 1.87 bits per heavy atom. The van der Waals surface area contributed by atoms with Crippen LogP contribution in [0.3, 0.4) is 0 Å². The number of carbonyl (C=O) groups excluding carboxylic acids is 2. The van der Waals surface area contributed by atoms with Crippen LogP contribution in [0.4, 0.5) is 10.1 Å². The fourth-order valence-corrected chi connectivity index (χ4v) is 5.94. The van der Waals surface area contributed by atoms with Gasteiger partial charge in [-0.1, -0.05) is 46.6 Å². The van der Waals surface area contributed by atoms with Crippen molar-refractivity contribution < 1.29 is 28.0 Å². The second kappa shape index (κ2) is 12.3. The van der Waals surface area contributed by atoms with Gasteiger partial charge in [0.05, 0.1) is 53.3 Å². The Hall–Kier alpha value is -4.87. The molecule has 0 spiro atoms. The van der Waals surface area contributed by atoms with Gasteiger partial charge >= 0.3 is 5.97 Å². The highest BCUT2D eigenvalue weighted by atomic mass is 35.5. The number of amides is 1. The number of carbonyl (C=O) groups is 2. The summed E-state index contributed by atoms with van der Waals surface area (Å²) in [5.41, 5.74) is 4.10. The number of ether oxygens (including phenoxy) is 2. The Kier molecular flexibility index (Phi) is 8.22. The highest BCUT2D eigenvalue weighted by molar-refractivity contribution is 6.40. The minimum atomic E-state index is -0.686. The third-order valence-electron chi connectivity index (χ3n) is 7.49. The second-order valence-corrected chi connectivity index (χ2v) is 11.3. The van der Waals surface area contributed by atoms with E-state index in [1.165, 1.54) is 18.3 Å². The molecule has 3 aromatic carbocycles. The molecular formula is C32H26Cl2FN5O5. The highest BCUT2D eigenvalue weighted by Crippen LogP contribution is 2.41. The normalized spacial score (nSPS) is 12.4. The van der Waals surface area contributed by atoms with Crippen molar-refractivity contribution in [3.63, 3.8) is 0 Å². The molecule has 1 amide bonds. The molecule has 0 fully saturated rings. The molecule has 1 aliphatic heterocycles. The van der Waals surface area contributed by atoms with Crippen molar-refractivity contribution in [3.8, 4) is 28.0 Å². The molecule has 0 radical (unpaired) electrons. The molecule has 230 valence electrons. The number of fused-ring (bicyclic) bond motifs is 1. The number of aryl methyl sites for hydroxylation is 1. The summed E-state index contributed by atoms with van der Waals surface area (Å²) in [7, 11) is 4.78. The zero-order valence-electron chi connectivity index (χ0n) is 24.4. The van der Waals surface area contributed by atoms with Crippen LogP contribution in [-0.2, 0) is 24.9 Å². The predicted octanol–water partition coefficient (Wildman–Crippen LogP) is 6.60. The average Bonchev–Trinajstić information content (AvgIpc) is 3.71. The van der Waals surface area contributed by atoms with Crippen molar-refractivity contribution >= 4 is 40.8 Å². The van der Waals surface area contributed by atoms with Gasteiger partial charge in [-0.15, -0.1) is 0 Å². The summed E-state index contributed by atoms with van der Waals surface area (Å²) >= 11 is 13.1. The molecule has 0 aliphatic carbocycles. The van der Waals surface area contributed by atoms with Gasteiger partial charge < -0.3 is 23.8 Å². The summed E-state index contributed by atoms with van der Waals surface area (Å²) in [6.45, 7) is 0.334. The third kappa shape index (κ3) is 5.84. The number of hydrogen-bond acceptors (Lipinski definition) is 8. The topological polar surface area (TPSA) is 103 Å². The molecule has 5 aromatic rings. The summed E-state index contributed by atoms with van der Waals surface area (Å²) in [4.78, 5) is 29.4. The van der Waals surface area contributed by atoms with Crippen LogP contribution in [0.25, 0.3) is 22.3 Å². The molecule has 0 N–H and O–H groups in total. The first-order valence-corrected chi connectivity index (χ1v) is 14.4. The van der Waals surface area contributed by atoms with Gasteiger partial charge in [0.2, 0.25) is 0 Å². The van der Waals surface area contributed by atoms with Crippen LogP contribution in [0.1, 0.15) is 32.0 Å². The van der Waals surface area contributed by atoms with E-state index in [9.17, 15) is 9.59 Å². The lowest BCUT2D eigenvalue weighted by Crippen LogP contribution is -2.37. The van der Waals surface area contributed by atoms with E-state index in [0.717, 1.165) is 17.2 Å². The number of methoxy groups -OCH3 is 1. The zero-order valence-corrected chi connectivity index (χ0v) is 25.9. The van der Waals surface area contributed by atoms with Gasteiger partial charge in [-0.2, -0.15) is 5.10 Å². The van der Waals surface area contributed by atoms with E-state index in [0.29, 0.717) is 34.8 Å². The van der Waals surface area contributed by atoms with E-state index in [-0.39, 0.29) is 40.0 Å². The zero-order chi connectivity index (χ0) is 31.8. The SMILES string of the molecule is COC(=O)c1cc(F)c(-c2cccc3c2OCN(C(=O)c2c(Cl)cc(-c4cnn(C)c4)cc2Cl)C3)cc1N(C)Cc1ccon1. The Morgan fingerprint density at radius 1 is 1.09 bits per heavy atom. The minimum absolute atomic E-state index is 0.0514. The highest BCUT2D eigenvalue weighted by Gasteiger charge is 2.29. The summed E-state index contributed by atoms with van der Waals surface area (Å²) in [5, 5.41) is 8.49. The van der Waals surface area contributed by atoms with Crippen LogP contribution >= 0.6 is 23.2 Å². The molecule has 2 aromatic heterocycles. The molecule has 0 saturated heterocycles. The number of para-hydroxylation sites is 1. The van der Waals surface area contributed by atoms with Gasteiger partial charge in [-0.3, -0.25) is 9.48 Å². The van der Waals surface area contributed by atoms with Crippen LogP contribution < -0.4 is 9.64 Å². The number of halogens is 3. The van der Waals surface area contributed by atoms with Crippen molar-refractivity contribution in [3.05, 3.63) is 105 Å². The van der Waals surface area contributed by atoms with Crippen molar-refractivity contribution in [1.29, 1.82) is 0 Å². The fourth-order valence-electron chi connectivity index (χ4n) is 5.29. The fraction of sp³-hybridized carbons (Fsp3) is 0.188. The first-order valence-electron chi connectivity index (χ1n) is 13.7. The average molecular weight is 650 g/mol. The van der Waals surface area contributed by atoms with Crippen molar-refractivity contribution in [2.24, 2.45) is 7.05 Å². The molecule has 0 bridgehead atoms. The van der Waals surface area contributed by atoms with Crippen molar-refractivity contribution in [1.82, 2.24) is 19.8 Å². The summed E-state index contributed by atoms with van der Waals surface area (Å²) in [6, 6.07) is 13.0. The second-order valence-electron chi connectivity index (χ2n) is 10.5. The van der Waals surface area contributed by atoms with Crippen LogP contribution in [0.15, 0.2) is 71.7 Å². The number of rotatable bonds is 7. The number of anilines is 1. The number of aromatic nitrogens is 3. The number of benzene rings is 3. The molecular weight excluding hydrogens is 624 g/mol. The van der Waals surface area contributed by atoms with E-state index in [2.05, 4.69) is 10.3 Å². The lowest BCUT2D eigenvalue weighted by molar-refractivity contribution is 0.0515. The molecule has 0 unspecified atom stereocenters. The molecule has 13 heteroatoms. The smallest absolute Gasteiger partial charge is 0.340 e. The molecule has 6 rings (SSSR count). The lowest BCUT2D eigenvalue weighted by Gasteiger charge is -2.31. The molecule has 0 atom stereocenters. The van der Waals surface area contributed by atoms with Gasteiger partial charge in [0, 0.05) is 48.6 Å². The Balaban J connectivity index is 1.31. The van der Waals surface area contributed by atoms with Gasteiger partial charge in [0.25, 0.3) is 5.91 Å². The van der Waals surface area contributed by atoms with Gasteiger partial charge in [-0.25, -0.2) is 9.18 Å². The standard InChI is InChI=1S/C32H26Cl2FN5O5/c1-38(16-21-7-8-45-37-21)28-12-23(27(35)11-24(28)32(42)43-3)22-6-4-5-18-15-40(17-44-30(18)22)31(41)29-25(33)9-19(10-26(29)34)20-13-36-39(2)14-20/h4-14H,15-17H2,1-3H3. The number of nitrogens with zero attached hydrogens (tertiary/aromatic N) is 5. The Bertz CT molecular complexity index is 1900. The molecule has 3 heterocycles. The van der Waals surface area contributed by atoms with E-state index < -0.39 is 17.7 Å². The van der Waals surface area contributed by atoms with E-state index in [1.54, 1.807) is 72.3 Å². The summed E-state index contributed by atoms with van der Waals surface area (Å²) in [5.74, 6) is -1.32. The first kappa shape index (κ1) is 30.2. The monoisotopic (exact) mass is 649 g/mol. The number of hydrogen-bond donors (Lipinski definition) is 0. The lowest BCUT2D eigenvalue weighted by atomic mass is 9.97. The predicted molar refractivity (Wildman–Crippen MR) is 166 cm³/mol. The summed E-state index contributed by atoms with van der Waals surface area (Å²) in [6.07, 6.45) is 4.95. The largest absolute Gasteiger partial charge is 0.472 e. The van der Waals surface area contributed by atoms with Gasteiger partial charge in [0.1, 0.15) is 23.5 Å². The maximum Gasteiger partial charge on any atom is 0.340 e. The van der Waals surface area contributed by atoms with Crippen LogP contribution in [0.2, 0.25) is 10.0 Å². The maximum atomic E-state index is 15.7. The van der Waals surface area contributed by atoms with E-state index >= 15 is 4.39 Å². The molecule has 1 aliphatic rings. The maximum absolute atomic E-state index is 15.7. The molecule has 0 saturated carbocycles. The van der Waals surface area contributed by atoms with Crippen LogP contribution in [0, 0.1) is 5.82 Å². The van der Waals surface area contributed by atoms with E-state index in [1.807, 2.05) is 6.20 Å². The minimum Gasteiger partial charge on any atom is -0.472 e. The van der Waals surface area contributed by atoms with Gasteiger partial charge in [0.15, 0.2) is 6.73 Å². The van der Waals surface area contributed by atoms with Crippen molar-refractivity contribution in [2.75, 3.05) is 25.8 Å². The Morgan fingerprint density at radius 3 is 2.53 bits per heavy atom.